The first-order valence-electron chi connectivity index (χ1n) is 8.09. The molecular formula is C16H29ClN2S. The lowest BCUT2D eigenvalue weighted by molar-refractivity contribution is -0.0582. The van der Waals surface area contributed by atoms with E-state index in [1.807, 2.05) is 0 Å². The number of aliphatic imine (C=N–C) groups is 1. The standard InChI is InChI=1S/C16H28N2S.ClH/c17-15(11-19)18-4-2-1-3-16-8-12-5-13(9-16)7-14(6-12)10-16;/h12-14,19H,1-11H2,(H2,17,18);1H. The molecule has 4 heteroatoms. The second-order valence-corrected chi connectivity index (χ2v) is 7.72. The molecule has 0 aliphatic heterocycles. The van der Waals surface area contributed by atoms with Crippen molar-refractivity contribution in [1.82, 2.24) is 0 Å². The number of rotatable bonds is 6. The SMILES string of the molecule is Cl.NC(CS)=NCCCCC12CC3CC(CC(C3)C1)C2. The zero-order chi connectivity index (χ0) is 13.3. The Kier molecular flexibility index (Phi) is 5.70. The monoisotopic (exact) mass is 316 g/mol. The minimum Gasteiger partial charge on any atom is -0.387 e. The number of hydrogen-bond acceptors (Lipinski definition) is 2. The van der Waals surface area contributed by atoms with Gasteiger partial charge in [-0.05, 0) is 74.5 Å². The Morgan fingerprint density at radius 2 is 1.60 bits per heavy atom. The molecule has 0 aromatic heterocycles. The van der Waals surface area contributed by atoms with Crippen LogP contribution in [0.5, 0.6) is 0 Å². The molecule has 0 saturated heterocycles. The fourth-order valence-electron chi connectivity index (χ4n) is 5.48. The van der Waals surface area contributed by atoms with Gasteiger partial charge in [0.2, 0.25) is 0 Å². The van der Waals surface area contributed by atoms with Crippen molar-refractivity contribution in [3.05, 3.63) is 0 Å². The van der Waals surface area contributed by atoms with Gasteiger partial charge in [0.05, 0.1) is 0 Å². The van der Waals surface area contributed by atoms with E-state index in [-0.39, 0.29) is 12.4 Å². The van der Waals surface area contributed by atoms with Crippen LogP contribution in [-0.4, -0.2) is 18.1 Å². The third kappa shape index (κ3) is 3.65. The van der Waals surface area contributed by atoms with Gasteiger partial charge < -0.3 is 5.73 Å². The molecule has 4 aliphatic carbocycles. The van der Waals surface area contributed by atoms with Crippen LogP contribution in [-0.2, 0) is 0 Å². The first kappa shape index (κ1) is 16.5. The molecular weight excluding hydrogens is 288 g/mol. The Balaban J connectivity index is 0.00000147. The summed E-state index contributed by atoms with van der Waals surface area (Å²) >= 11 is 4.13. The molecule has 0 aromatic rings. The molecule has 4 saturated carbocycles. The molecule has 0 unspecified atom stereocenters. The number of halogens is 1. The lowest BCUT2D eigenvalue weighted by Crippen LogP contribution is -2.45. The molecule has 2 nitrogen and oxygen atoms in total. The predicted molar refractivity (Wildman–Crippen MR) is 92.0 cm³/mol. The van der Waals surface area contributed by atoms with Crippen molar-refractivity contribution in [1.29, 1.82) is 0 Å². The third-order valence-electron chi connectivity index (χ3n) is 5.76. The molecule has 2 N–H and O–H groups in total. The van der Waals surface area contributed by atoms with Gasteiger partial charge >= 0.3 is 0 Å². The second-order valence-electron chi connectivity index (χ2n) is 7.41. The summed E-state index contributed by atoms with van der Waals surface area (Å²) in [7, 11) is 0. The number of hydrogen-bond donors (Lipinski definition) is 2. The maximum atomic E-state index is 5.68. The van der Waals surface area contributed by atoms with Gasteiger partial charge in [-0.3, -0.25) is 4.99 Å². The summed E-state index contributed by atoms with van der Waals surface area (Å²) in [5.74, 6) is 4.55. The lowest BCUT2D eigenvalue weighted by atomic mass is 9.48. The van der Waals surface area contributed by atoms with E-state index in [2.05, 4.69) is 17.6 Å². The average Bonchev–Trinajstić information content (AvgIpc) is 2.36. The zero-order valence-corrected chi connectivity index (χ0v) is 14.1. The molecule has 0 heterocycles. The highest BCUT2D eigenvalue weighted by molar-refractivity contribution is 7.81. The van der Waals surface area contributed by atoms with Crippen LogP contribution in [0.3, 0.4) is 0 Å². The van der Waals surface area contributed by atoms with E-state index in [9.17, 15) is 0 Å². The Morgan fingerprint density at radius 1 is 1.05 bits per heavy atom. The summed E-state index contributed by atoms with van der Waals surface area (Å²) in [5.41, 5.74) is 6.42. The quantitative estimate of drug-likeness (QED) is 0.329. The van der Waals surface area contributed by atoms with E-state index in [1.165, 1.54) is 19.3 Å². The van der Waals surface area contributed by atoms with Crippen molar-refractivity contribution in [2.24, 2.45) is 33.9 Å². The molecule has 116 valence electrons. The predicted octanol–water partition coefficient (Wildman–Crippen LogP) is 4.08. The lowest BCUT2D eigenvalue weighted by Gasteiger charge is -2.57. The van der Waals surface area contributed by atoms with Gasteiger partial charge in [-0.25, -0.2) is 0 Å². The van der Waals surface area contributed by atoms with Crippen LogP contribution in [0, 0.1) is 23.2 Å². The summed E-state index contributed by atoms with van der Waals surface area (Å²) < 4.78 is 0. The molecule has 4 bridgehead atoms. The Labute approximate surface area is 135 Å². The van der Waals surface area contributed by atoms with Gasteiger partial charge in [-0.2, -0.15) is 12.6 Å². The van der Waals surface area contributed by atoms with E-state index in [1.54, 1.807) is 38.5 Å². The van der Waals surface area contributed by atoms with E-state index in [4.69, 9.17) is 5.73 Å². The number of unbranched alkanes of at least 4 members (excludes halogenated alkanes) is 1. The summed E-state index contributed by atoms with van der Waals surface area (Å²) in [6.45, 7) is 0.902. The molecule has 0 spiro atoms. The van der Waals surface area contributed by atoms with Gasteiger partial charge in [-0.15, -0.1) is 12.4 Å². The van der Waals surface area contributed by atoms with Gasteiger partial charge in [0.1, 0.15) is 5.84 Å². The zero-order valence-electron chi connectivity index (χ0n) is 12.4. The highest BCUT2D eigenvalue weighted by Crippen LogP contribution is 2.61. The third-order valence-corrected chi connectivity index (χ3v) is 6.08. The Bertz CT molecular complexity index is 321. The molecule has 0 atom stereocenters. The number of amidine groups is 1. The molecule has 0 radical (unpaired) electrons. The highest BCUT2D eigenvalue weighted by Gasteiger charge is 2.50. The van der Waals surface area contributed by atoms with Gasteiger partial charge in [-0.1, -0.05) is 6.42 Å². The van der Waals surface area contributed by atoms with Crippen LogP contribution < -0.4 is 5.73 Å². The van der Waals surface area contributed by atoms with Crippen molar-refractivity contribution in [2.75, 3.05) is 12.3 Å². The highest BCUT2D eigenvalue weighted by atomic mass is 35.5. The van der Waals surface area contributed by atoms with E-state index in [0.29, 0.717) is 11.6 Å². The van der Waals surface area contributed by atoms with Gasteiger partial charge in [0.15, 0.2) is 0 Å². The number of nitrogens with zero attached hydrogens (tertiary/aromatic N) is 1. The Hall–Kier alpha value is 0.110. The van der Waals surface area contributed by atoms with E-state index < -0.39 is 0 Å². The van der Waals surface area contributed by atoms with Crippen LogP contribution in [0.4, 0.5) is 0 Å². The largest absolute Gasteiger partial charge is 0.387 e. The summed E-state index contributed by atoms with van der Waals surface area (Å²) in [4.78, 5) is 4.34. The maximum Gasteiger partial charge on any atom is 0.103 e. The minimum atomic E-state index is 0. The smallest absolute Gasteiger partial charge is 0.103 e. The van der Waals surface area contributed by atoms with Crippen molar-refractivity contribution < 1.29 is 0 Å². The first-order valence-corrected chi connectivity index (χ1v) is 8.72. The van der Waals surface area contributed by atoms with Crippen LogP contribution in [0.2, 0.25) is 0 Å². The Morgan fingerprint density at radius 3 is 2.10 bits per heavy atom. The van der Waals surface area contributed by atoms with Crippen LogP contribution in [0.1, 0.15) is 57.8 Å². The van der Waals surface area contributed by atoms with E-state index in [0.717, 1.165) is 29.7 Å². The van der Waals surface area contributed by atoms with Crippen molar-refractivity contribution in [2.45, 2.75) is 57.8 Å². The van der Waals surface area contributed by atoms with Crippen LogP contribution >= 0.6 is 25.0 Å². The van der Waals surface area contributed by atoms with E-state index >= 15 is 0 Å². The maximum absolute atomic E-state index is 5.68. The van der Waals surface area contributed by atoms with Crippen LogP contribution in [0.25, 0.3) is 0 Å². The van der Waals surface area contributed by atoms with Gasteiger partial charge in [0, 0.05) is 12.3 Å². The van der Waals surface area contributed by atoms with Crippen LogP contribution in [0.15, 0.2) is 4.99 Å². The van der Waals surface area contributed by atoms with Gasteiger partial charge in [0.25, 0.3) is 0 Å². The van der Waals surface area contributed by atoms with Crippen molar-refractivity contribution in [3.8, 4) is 0 Å². The van der Waals surface area contributed by atoms with Crippen molar-refractivity contribution in [3.63, 3.8) is 0 Å². The average molecular weight is 317 g/mol. The molecule has 0 amide bonds. The normalized spacial score (nSPS) is 38.9. The molecule has 0 aromatic carbocycles. The fourth-order valence-corrected chi connectivity index (χ4v) is 5.58. The summed E-state index contributed by atoms with van der Waals surface area (Å²) in [6, 6.07) is 0. The number of thiol groups is 1. The molecule has 20 heavy (non-hydrogen) atoms. The first-order chi connectivity index (χ1) is 9.19. The molecule has 4 fully saturated rings. The molecule has 4 aliphatic rings. The van der Waals surface area contributed by atoms with Crippen molar-refractivity contribution >= 4 is 30.9 Å². The second kappa shape index (κ2) is 6.91. The fraction of sp³-hybridized carbons (Fsp3) is 0.938. The topological polar surface area (TPSA) is 38.4 Å². The summed E-state index contributed by atoms with van der Waals surface area (Å²) in [6.07, 6.45) is 13.3. The minimum absolute atomic E-state index is 0. The number of nitrogens with two attached hydrogens (primary N) is 1. The summed E-state index contributed by atoms with van der Waals surface area (Å²) in [5, 5.41) is 0. The molecule has 4 rings (SSSR count).